The molecule has 6 nitrogen and oxygen atoms in total. The van der Waals surface area contributed by atoms with Gasteiger partial charge in [0.2, 0.25) is 5.91 Å². The summed E-state index contributed by atoms with van der Waals surface area (Å²) < 4.78 is 5.22. The van der Waals surface area contributed by atoms with Gasteiger partial charge in [-0.15, -0.1) is 0 Å². The molecule has 1 atom stereocenters. The van der Waals surface area contributed by atoms with E-state index in [1.807, 2.05) is 9.80 Å². The van der Waals surface area contributed by atoms with Crippen molar-refractivity contribution in [1.82, 2.24) is 15.1 Å². The van der Waals surface area contributed by atoms with E-state index in [1.165, 1.54) is 0 Å². The highest BCUT2D eigenvalue weighted by Gasteiger charge is 2.32. The summed E-state index contributed by atoms with van der Waals surface area (Å²) in [4.78, 5) is 28.3. The van der Waals surface area contributed by atoms with Gasteiger partial charge in [-0.2, -0.15) is 0 Å². The van der Waals surface area contributed by atoms with Crippen molar-refractivity contribution in [1.29, 1.82) is 0 Å². The van der Waals surface area contributed by atoms with E-state index in [1.54, 1.807) is 19.3 Å². The molecule has 0 saturated carbocycles. The minimum Gasteiger partial charge on any atom is -0.469 e. The number of piperazine rings is 1. The van der Waals surface area contributed by atoms with Gasteiger partial charge in [0.05, 0.1) is 18.4 Å². The lowest BCUT2D eigenvalue weighted by molar-refractivity contribution is -0.135. The number of hydrogen-bond acceptors (Lipinski definition) is 4. The molecule has 114 valence electrons. The standard InChI is InChI=1S/C15H21N3O3/c1-11-13(4-8-21-11)15(20)17-6-2-3-12(10-17)18-7-5-16-9-14(18)19/h4,8,12,16H,2-3,5-7,9-10H2,1H3. The minimum absolute atomic E-state index is 0.00790. The summed E-state index contributed by atoms with van der Waals surface area (Å²) in [7, 11) is 0. The van der Waals surface area contributed by atoms with Gasteiger partial charge in [-0.05, 0) is 25.8 Å². The second kappa shape index (κ2) is 5.89. The Kier molecular flexibility index (Phi) is 3.96. The Labute approximate surface area is 124 Å². The predicted molar refractivity (Wildman–Crippen MR) is 77.0 cm³/mol. The largest absolute Gasteiger partial charge is 0.469 e. The van der Waals surface area contributed by atoms with Crippen molar-refractivity contribution in [2.24, 2.45) is 0 Å². The Morgan fingerprint density at radius 3 is 3.00 bits per heavy atom. The van der Waals surface area contributed by atoms with Crippen LogP contribution in [0.3, 0.4) is 0 Å². The molecule has 2 amide bonds. The van der Waals surface area contributed by atoms with Gasteiger partial charge in [-0.25, -0.2) is 0 Å². The Morgan fingerprint density at radius 1 is 1.43 bits per heavy atom. The van der Waals surface area contributed by atoms with Crippen molar-refractivity contribution in [3.05, 3.63) is 23.7 Å². The third kappa shape index (κ3) is 2.81. The molecule has 3 heterocycles. The van der Waals surface area contributed by atoms with Crippen molar-refractivity contribution < 1.29 is 14.0 Å². The molecule has 2 fully saturated rings. The maximum Gasteiger partial charge on any atom is 0.257 e. The van der Waals surface area contributed by atoms with Gasteiger partial charge in [0.1, 0.15) is 5.76 Å². The van der Waals surface area contributed by atoms with E-state index < -0.39 is 0 Å². The molecule has 6 heteroatoms. The molecule has 2 aliphatic rings. The molecular formula is C15H21N3O3. The van der Waals surface area contributed by atoms with Crippen LogP contribution in [0, 0.1) is 6.92 Å². The highest BCUT2D eigenvalue weighted by Crippen LogP contribution is 2.20. The summed E-state index contributed by atoms with van der Waals surface area (Å²) in [6.07, 6.45) is 3.45. The first-order valence-electron chi connectivity index (χ1n) is 7.50. The number of rotatable bonds is 2. The number of carbonyl (C=O) groups excluding carboxylic acids is 2. The van der Waals surface area contributed by atoms with Crippen LogP contribution in [0.15, 0.2) is 16.7 Å². The van der Waals surface area contributed by atoms with Crippen LogP contribution in [0.2, 0.25) is 0 Å². The number of nitrogens with zero attached hydrogens (tertiary/aromatic N) is 2. The third-order valence-electron chi connectivity index (χ3n) is 4.34. The summed E-state index contributed by atoms with van der Waals surface area (Å²) in [6.45, 7) is 5.14. The van der Waals surface area contributed by atoms with Crippen molar-refractivity contribution in [2.45, 2.75) is 25.8 Å². The topological polar surface area (TPSA) is 65.8 Å². The van der Waals surface area contributed by atoms with Gasteiger partial charge in [0.25, 0.3) is 5.91 Å². The Bertz CT molecular complexity index is 540. The van der Waals surface area contributed by atoms with E-state index >= 15 is 0 Å². The fourth-order valence-corrected chi connectivity index (χ4v) is 3.18. The monoisotopic (exact) mass is 291 g/mol. The van der Waals surface area contributed by atoms with Crippen molar-refractivity contribution in [2.75, 3.05) is 32.7 Å². The van der Waals surface area contributed by atoms with Crippen LogP contribution in [0.4, 0.5) is 0 Å². The normalized spacial score (nSPS) is 23.5. The van der Waals surface area contributed by atoms with Gasteiger partial charge in [-0.1, -0.05) is 0 Å². The van der Waals surface area contributed by atoms with E-state index in [0.717, 1.165) is 32.5 Å². The summed E-state index contributed by atoms with van der Waals surface area (Å²) in [5.41, 5.74) is 0.627. The van der Waals surface area contributed by atoms with Gasteiger partial charge in [-0.3, -0.25) is 9.59 Å². The van der Waals surface area contributed by atoms with Crippen LogP contribution in [0.5, 0.6) is 0 Å². The number of amides is 2. The second-order valence-corrected chi connectivity index (χ2v) is 5.70. The molecular weight excluding hydrogens is 270 g/mol. The quantitative estimate of drug-likeness (QED) is 0.868. The van der Waals surface area contributed by atoms with E-state index in [0.29, 0.717) is 24.4 Å². The summed E-state index contributed by atoms with van der Waals surface area (Å²) in [6, 6.07) is 1.86. The van der Waals surface area contributed by atoms with Gasteiger partial charge < -0.3 is 19.5 Å². The summed E-state index contributed by atoms with van der Waals surface area (Å²) >= 11 is 0. The highest BCUT2D eigenvalue weighted by atomic mass is 16.3. The average Bonchev–Trinajstić information content (AvgIpc) is 2.93. The first kappa shape index (κ1) is 14.1. The number of furan rings is 1. The van der Waals surface area contributed by atoms with Gasteiger partial charge in [0.15, 0.2) is 0 Å². The zero-order valence-electron chi connectivity index (χ0n) is 12.3. The molecule has 0 bridgehead atoms. The Balaban J connectivity index is 1.69. The smallest absolute Gasteiger partial charge is 0.257 e. The lowest BCUT2D eigenvalue weighted by Gasteiger charge is -2.41. The number of carbonyl (C=O) groups is 2. The molecule has 0 spiro atoms. The number of aryl methyl sites for hydroxylation is 1. The summed E-state index contributed by atoms with van der Waals surface area (Å²) in [5, 5.41) is 3.08. The van der Waals surface area contributed by atoms with E-state index in [9.17, 15) is 9.59 Å². The maximum atomic E-state index is 12.5. The fraction of sp³-hybridized carbons (Fsp3) is 0.600. The van der Waals surface area contributed by atoms with Crippen LogP contribution < -0.4 is 5.32 Å². The molecule has 1 aromatic rings. The number of likely N-dealkylation sites (tertiary alicyclic amines) is 1. The van der Waals surface area contributed by atoms with E-state index in [-0.39, 0.29) is 17.9 Å². The molecule has 1 N–H and O–H groups in total. The highest BCUT2D eigenvalue weighted by molar-refractivity contribution is 5.95. The first-order chi connectivity index (χ1) is 10.2. The zero-order chi connectivity index (χ0) is 14.8. The zero-order valence-corrected chi connectivity index (χ0v) is 12.3. The molecule has 2 saturated heterocycles. The molecule has 0 aromatic carbocycles. The Hall–Kier alpha value is -1.82. The Morgan fingerprint density at radius 2 is 2.29 bits per heavy atom. The maximum absolute atomic E-state index is 12.5. The van der Waals surface area contributed by atoms with Crippen molar-refractivity contribution >= 4 is 11.8 Å². The van der Waals surface area contributed by atoms with Crippen LogP contribution >= 0.6 is 0 Å². The SMILES string of the molecule is Cc1occc1C(=O)N1CCCC(N2CCNCC2=O)C1. The summed E-state index contributed by atoms with van der Waals surface area (Å²) in [5.74, 6) is 0.800. The second-order valence-electron chi connectivity index (χ2n) is 5.70. The minimum atomic E-state index is 0.00790. The molecule has 1 aromatic heterocycles. The lowest BCUT2D eigenvalue weighted by Crippen LogP contribution is -2.57. The van der Waals surface area contributed by atoms with Gasteiger partial charge in [0, 0.05) is 32.2 Å². The fourth-order valence-electron chi connectivity index (χ4n) is 3.18. The van der Waals surface area contributed by atoms with Gasteiger partial charge >= 0.3 is 0 Å². The number of piperidine rings is 1. The lowest BCUT2D eigenvalue weighted by atomic mass is 10.0. The third-order valence-corrected chi connectivity index (χ3v) is 4.34. The predicted octanol–water partition coefficient (Wildman–Crippen LogP) is 0.624. The molecule has 1 unspecified atom stereocenters. The van der Waals surface area contributed by atoms with Crippen molar-refractivity contribution in [3.8, 4) is 0 Å². The number of nitrogens with one attached hydrogen (secondary N) is 1. The van der Waals surface area contributed by atoms with Crippen LogP contribution in [-0.4, -0.2) is 60.4 Å². The average molecular weight is 291 g/mol. The molecule has 0 radical (unpaired) electrons. The number of hydrogen-bond donors (Lipinski definition) is 1. The van der Waals surface area contributed by atoms with Crippen LogP contribution in [-0.2, 0) is 4.79 Å². The van der Waals surface area contributed by atoms with E-state index in [4.69, 9.17) is 4.42 Å². The molecule has 2 aliphatic heterocycles. The first-order valence-corrected chi connectivity index (χ1v) is 7.50. The molecule has 0 aliphatic carbocycles. The van der Waals surface area contributed by atoms with Crippen LogP contribution in [0.1, 0.15) is 29.0 Å². The van der Waals surface area contributed by atoms with E-state index in [2.05, 4.69) is 5.32 Å². The molecule has 3 rings (SSSR count). The molecule has 21 heavy (non-hydrogen) atoms. The van der Waals surface area contributed by atoms with Crippen LogP contribution in [0.25, 0.3) is 0 Å². The van der Waals surface area contributed by atoms with Crippen molar-refractivity contribution in [3.63, 3.8) is 0 Å².